The number of rotatable bonds is 7. The van der Waals surface area contributed by atoms with Gasteiger partial charge < -0.3 is 4.74 Å². The average molecular weight is 252 g/mol. The fraction of sp³-hybridized carbons (Fsp3) is 0.600. The van der Waals surface area contributed by atoms with Gasteiger partial charge in [-0.3, -0.25) is 9.59 Å². The molecule has 0 bridgehead atoms. The molecule has 1 atom stereocenters. The van der Waals surface area contributed by atoms with Crippen LogP contribution in [0.4, 0.5) is 0 Å². The number of esters is 1. The monoisotopic (exact) mass is 252 g/mol. The second kappa shape index (κ2) is 8.67. The zero-order valence-electron chi connectivity index (χ0n) is 12.1. The molecule has 18 heavy (non-hydrogen) atoms. The van der Waals surface area contributed by atoms with E-state index in [2.05, 4.69) is 19.9 Å². The van der Waals surface area contributed by atoms with Crippen LogP contribution in [0.3, 0.4) is 0 Å². The molecule has 0 aliphatic rings. The minimum atomic E-state index is -0.424. The number of hydrogen-bond donors (Lipinski definition) is 0. The van der Waals surface area contributed by atoms with Crippen LogP contribution in [0.2, 0.25) is 0 Å². The summed E-state index contributed by atoms with van der Waals surface area (Å²) in [6.07, 6.45) is 5.76. The molecule has 0 aliphatic carbocycles. The van der Waals surface area contributed by atoms with Crippen LogP contribution in [0, 0.1) is 0 Å². The third-order valence-electron chi connectivity index (χ3n) is 2.37. The summed E-state index contributed by atoms with van der Waals surface area (Å²) < 4.78 is 5.11. The molecule has 0 aliphatic heterocycles. The zero-order valence-corrected chi connectivity index (χ0v) is 12.1. The summed E-state index contributed by atoms with van der Waals surface area (Å²) in [6, 6.07) is 0. The highest BCUT2D eigenvalue weighted by atomic mass is 16.5. The van der Waals surface area contributed by atoms with Crippen LogP contribution in [0.5, 0.6) is 0 Å². The molecular formula is C15H24O3. The molecule has 0 fully saturated rings. The molecule has 0 heterocycles. The Bertz CT molecular complexity index is 331. The molecule has 3 heteroatoms. The van der Waals surface area contributed by atoms with Gasteiger partial charge in [-0.1, -0.05) is 17.2 Å². The molecule has 3 nitrogen and oxygen atoms in total. The molecule has 1 unspecified atom stereocenters. The smallest absolute Gasteiger partial charge is 0.303 e. The Morgan fingerprint density at radius 2 is 1.72 bits per heavy atom. The van der Waals surface area contributed by atoms with Crippen LogP contribution < -0.4 is 0 Å². The first-order chi connectivity index (χ1) is 8.31. The van der Waals surface area contributed by atoms with Gasteiger partial charge in [0.25, 0.3) is 0 Å². The quantitative estimate of drug-likeness (QED) is 0.513. The van der Waals surface area contributed by atoms with Gasteiger partial charge in [-0.05, 0) is 46.6 Å². The van der Waals surface area contributed by atoms with Gasteiger partial charge in [-0.25, -0.2) is 0 Å². The lowest BCUT2D eigenvalue weighted by atomic mass is 10.1. The molecule has 0 spiro atoms. The summed E-state index contributed by atoms with van der Waals surface area (Å²) >= 11 is 0. The summed E-state index contributed by atoms with van der Waals surface area (Å²) in [7, 11) is 0. The van der Waals surface area contributed by atoms with Gasteiger partial charge >= 0.3 is 5.97 Å². The lowest BCUT2D eigenvalue weighted by molar-refractivity contribution is -0.145. The molecule has 0 saturated heterocycles. The van der Waals surface area contributed by atoms with E-state index in [4.69, 9.17) is 4.74 Å². The molecular weight excluding hydrogens is 228 g/mol. The van der Waals surface area contributed by atoms with E-state index in [0.29, 0.717) is 0 Å². The number of carbonyl (C=O) groups is 2. The molecule has 0 aromatic heterocycles. The Hall–Kier alpha value is -1.38. The summed E-state index contributed by atoms with van der Waals surface area (Å²) in [5, 5.41) is 0. The van der Waals surface area contributed by atoms with E-state index < -0.39 is 6.10 Å². The predicted octanol–water partition coefficient (Wildman–Crippen LogP) is 3.59. The van der Waals surface area contributed by atoms with Crippen molar-refractivity contribution in [1.82, 2.24) is 0 Å². The highest BCUT2D eigenvalue weighted by molar-refractivity contribution is 5.77. The number of ketones is 1. The van der Waals surface area contributed by atoms with E-state index in [0.717, 1.165) is 18.4 Å². The molecule has 102 valence electrons. The van der Waals surface area contributed by atoms with Gasteiger partial charge in [0.15, 0.2) is 0 Å². The maximum atomic E-state index is 11.1. The predicted molar refractivity (Wildman–Crippen MR) is 73.3 cm³/mol. The first kappa shape index (κ1) is 16.6. The van der Waals surface area contributed by atoms with Gasteiger partial charge in [0.1, 0.15) is 11.9 Å². The van der Waals surface area contributed by atoms with Gasteiger partial charge in [0.2, 0.25) is 0 Å². The third-order valence-corrected chi connectivity index (χ3v) is 2.37. The van der Waals surface area contributed by atoms with Crippen LogP contribution in [-0.4, -0.2) is 17.9 Å². The van der Waals surface area contributed by atoms with Crippen molar-refractivity contribution >= 4 is 11.8 Å². The number of carbonyl (C=O) groups excluding carboxylic acids is 2. The van der Waals surface area contributed by atoms with Crippen molar-refractivity contribution in [2.75, 3.05) is 0 Å². The van der Waals surface area contributed by atoms with Crippen LogP contribution >= 0.6 is 0 Å². The molecule has 0 aromatic carbocycles. The summed E-state index contributed by atoms with van der Waals surface area (Å²) in [5.41, 5.74) is 2.43. The highest BCUT2D eigenvalue weighted by Gasteiger charge is 2.11. The summed E-state index contributed by atoms with van der Waals surface area (Å²) in [6.45, 7) is 8.99. The zero-order chi connectivity index (χ0) is 14.1. The number of ether oxygens (including phenoxy) is 1. The van der Waals surface area contributed by atoms with Gasteiger partial charge in [0, 0.05) is 13.3 Å². The van der Waals surface area contributed by atoms with Gasteiger partial charge in [0.05, 0.1) is 0 Å². The van der Waals surface area contributed by atoms with Crippen LogP contribution in [0.1, 0.15) is 53.9 Å². The fourth-order valence-corrected chi connectivity index (χ4v) is 1.62. The van der Waals surface area contributed by atoms with Crippen molar-refractivity contribution in [3.63, 3.8) is 0 Å². The first-order valence-corrected chi connectivity index (χ1v) is 6.28. The standard InChI is InChI=1S/C15H24O3/c1-11(2)7-6-8-12(3)9-15(10-13(4)16)18-14(5)17/h7,9,15H,6,8,10H2,1-5H3. The highest BCUT2D eigenvalue weighted by Crippen LogP contribution is 2.11. The van der Waals surface area contributed by atoms with Crippen molar-refractivity contribution in [1.29, 1.82) is 0 Å². The second-order valence-corrected chi connectivity index (χ2v) is 4.89. The van der Waals surface area contributed by atoms with Crippen molar-refractivity contribution < 1.29 is 14.3 Å². The van der Waals surface area contributed by atoms with Crippen LogP contribution in [-0.2, 0) is 14.3 Å². The largest absolute Gasteiger partial charge is 0.458 e. The molecule has 0 amide bonds. The molecule has 0 aromatic rings. The maximum Gasteiger partial charge on any atom is 0.303 e. The summed E-state index contributed by atoms with van der Waals surface area (Å²) in [5.74, 6) is -0.329. The minimum absolute atomic E-state index is 0.0228. The van der Waals surface area contributed by atoms with E-state index in [1.54, 1.807) is 0 Å². The van der Waals surface area contributed by atoms with Crippen LogP contribution in [0.25, 0.3) is 0 Å². The third kappa shape index (κ3) is 9.82. The van der Waals surface area contributed by atoms with Crippen molar-refractivity contribution in [3.05, 3.63) is 23.3 Å². The Labute approximate surface area is 110 Å². The lowest BCUT2D eigenvalue weighted by Crippen LogP contribution is -2.17. The Morgan fingerprint density at radius 3 is 2.17 bits per heavy atom. The second-order valence-electron chi connectivity index (χ2n) is 4.89. The van der Waals surface area contributed by atoms with Crippen molar-refractivity contribution in [2.45, 2.75) is 60.0 Å². The van der Waals surface area contributed by atoms with E-state index in [1.807, 2.05) is 13.0 Å². The summed E-state index contributed by atoms with van der Waals surface area (Å²) in [4.78, 5) is 22.0. The van der Waals surface area contributed by atoms with E-state index in [-0.39, 0.29) is 18.2 Å². The Morgan fingerprint density at radius 1 is 1.11 bits per heavy atom. The molecule has 0 rings (SSSR count). The molecule has 0 radical (unpaired) electrons. The minimum Gasteiger partial charge on any atom is -0.458 e. The van der Waals surface area contributed by atoms with E-state index in [9.17, 15) is 9.59 Å². The van der Waals surface area contributed by atoms with E-state index >= 15 is 0 Å². The Kier molecular flexibility index (Phi) is 8.01. The van der Waals surface area contributed by atoms with E-state index in [1.165, 1.54) is 19.4 Å². The number of allylic oxidation sites excluding steroid dienone is 3. The van der Waals surface area contributed by atoms with Crippen molar-refractivity contribution in [3.8, 4) is 0 Å². The Balaban J connectivity index is 4.46. The van der Waals surface area contributed by atoms with Crippen molar-refractivity contribution in [2.24, 2.45) is 0 Å². The van der Waals surface area contributed by atoms with Gasteiger partial charge in [-0.15, -0.1) is 0 Å². The fourth-order valence-electron chi connectivity index (χ4n) is 1.62. The molecule has 0 saturated carbocycles. The first-order valence-electron chi connectivity index (χ1n) is 6.28. The SMILES string of the molecule is CC(=O)CC(C=C(C)CCC=C(C)C)OC(C)=O. The van der Waals surface area contributed by atoms with Gasteiger partial charge in [-0.2, -0.15) is 0 Å². The molecule has 0 N–H and O–H groups in total. The maximum absolute atomic E-state index is 11.1. The number of hydrogen-bond acceptors (Lipinski definition) is 3. The normalized spacial score (nSPS) is 12.8. The lowest BCUT2D eigenvalue weighted by Gasteiger charge is -2.12. The topological polar surface area (TPSA) is 43.4 Å². The number of Topliss-reactive ketones (excluding diaryl/α,β-unsaturated/α-hetero) is 1. The average Bonchev–Trinajstić information content (AvgIpc) is 2.13. The van der Waals surface area contributed by atoms with Crippen LogP contribution in [0.15, 0.2) is 23.3 Å².